The molecule has 2 amide bonds. The van der Waals surface area contributed by atoms with E-state index in [0.717, 1.165) is 0 Å². The van der Waals surface area contributed by atoms with E-state index in [1.54, 1.807) is 48.5 Å². The molecule has 2 aromatic carbocycles. The van der Waals surface area contributed by atoms with Crippen molar-refractivity contribution in [1.29, 1.82) is 0 Å². The highest BCUT2D eigenvalue weighted by Crippen LogP contribution is 2.16. The van der Waals surface area contributed by atoms with Crippen LogP contribution in [-0.4, -0.2) is 70.5 Å². The van der Waals surface area contributed by atoms with E-state index >= 15 is 0 Å². The molecule has 4 aromatic rings. The van der Waals surface area contributed by atoms with Gasteiger partial charge in [0.25, 0.3) is 11.8 Å². The molecule has 12 nitrogen and oxygen atoms in total. The molecule has 0 aliphatic heterocycles. The lowest BCUT2D eigenvalue weighted by molar-refractivity contribution is -0.125. The molecule has 2 aromatic heterocycles. The zero-order chi connectivity index (χ0) is 23.9. The van der Waals surface area contributed by atoms with Crippen molar-refractivity contribution in [3.63, 3.8) is 0 Å². The number of aromatic nitrogens is 4. The number of rotatable bonds is 9. The number of H-pyrrole nitrogens is 2. The molecule has 12 heteroatoms. The van der Waals surface area contributed by atoms with Crippen molar-refractivity contribution < 1.29 is 28.7 Å². The van der Waals surface area contributed by atoms with Gasteiger partial charge >= 0.3 is 11.9 Å². The molecule has 0 spiro atoms. The highest BCUT2D eigenvalue weighted by Gasteiger charge is 2.18. The molecule has 34 heavy (non-hydrogen) atoms. The van der Waals surface area contributed by atoms with Crippen LogP contribution >= 0.6 is 0 Å². The first-order chi connectivity index (χ1) is 16.5. The van der Waals surface area contributed by atoms with E-state index in [-0.39, 0.29) is 24.5 Å². The van der Waals surface area contributed by atoms with Gasteiger partial charge in [-0.05, 0) is 12.1 Å². The van der Waals surface area contributed by atoms with E-state index in [1.807, 2.05) is 0 Å². The van der Waals surface area contributed by atoms with Crippen molar-refractivity contribution in [3.8, 4) is 0 Å². The van der Waals surface area contributed by atoms with Gasteiger partial charge in [-0.25, -0.2) is 9.59 Å². The van der Waals surface area contributed by atoms with Gasteiger partial charge in [0.15, 0.2) is 24.6 Å². The summed E-state index contributed by atoms with van der Waals surface area (Å²) in [5.41, 5.74) is 1.54. The van der Waals surface area contributed by atoms with Gasteiger partial charge in [-0.15, -0.1) is 0 Å². The lowest BCUT2D eigenvalue weighted by atomic mass is 10.2. The number of benzene rings is 2. The Morgan fingerprint density at radius 3 is 1.53 bits per heavy atom. The van der Waals surface area contributed by atoms with Crippen LogP contribution in [0.25, 0.3) is 21.8 Å². The topological polar surface area (TPSA) is 168 Å². The minimum Gasteiger partial charge on any atom is -0.451 e. The van der Waals surface area contributed by atoms with Gasteiger partial charge in [0.1, 0.15) is 0 Å². The minimum absolute atomic E-state index is 0.0887. The number of aromatic amines is 2. The Labute approximate surface area is 192 Å². The molecule has 4 N–H and O–H groups in total. The average Bonchev–Trinajstić information content (AvgIpc) is 3.48. The summed E-state index contributed by atoms with van der Waals surface area (Å²) < 4.78 is 9.96. The van der Waals surface area contributed by atoms with E-state index in [0.29, 0.717) is 21.8 Å². The van der Waals surface area contributed by atoms with Gasteiger partial charge in [0, 0.05) is 23.9 Å². The number of hydrogen-bond acceptors (Lipinski definition) is 8. The van der Waals surface area contributed by atoms with E-state index < -0.39 is 37.0 Å². The molecule has 4 rings (SSSR count). The second kappa shape index (κ2) is 10.3. The standard InChI is InChI=1S/C22H20N6O6/c29-17(11-33-21(31)19-13-5-1-3-7-15(13)25-27-19)23-9-10-24-18(30)12-34-22(32)20-14-6-2-4-8-16(14)26-28-20/h1-8H,9-12H2,(H,23,29)(H,24,30)(H,25,27)(H,26,28). The van der Waals surface area contributed by atoms with E-state index in [2.05, 4.69) is 31.0 Å². The van der Waals surface area contributed by atoms with Gasteiger partial charge in [0.05, 0.1) is 11.0 Å². The van der Waals surface area contributed by atoms with Crippen LogP contribution in [0.5, 0.6) is 0 Å². The van der Waals surface area contributed by atoms with Crippen LogP contribution in [0.2, 0.25) is 0 Å². The highest BCUT2D eigenvalue weighted by atomic mass is 16.5. The number of hydrogen-bond donors (Lipinski definition) is 4. The molecule has 2 heterocycles. The Bertz CT molecular complexity index is 1260. The lowest BCUT2D eigenvalue weighted by Gasteiger charge is -2.08. The Kier molecular flexibility index (Phi) is 6.77. The van der Waals surface area contributed by atoms with Crippen molar-refractivity contribution in [2.45, 2.75) is 0 Å². The van der Waals surface area contributed by atoms with Crippen molar-refractivity contribution in [3.05, 3.63) is 59.9 Å². The van der Waals surface area contributed by atoms with E-state index in [4.69, 9.17) is 9.47 Å². The summed E-state index contributed by atoms with van der Waals surface area (Å²) in [6.07, 6.45) is 0. The quantitative estimate of drug-likeness (QED) is 0.207. The zero-order valence-electron chi connectivity index (χ0n) is 17.8. The van der Waals surface area contributed by atoms with Crippen molar-refractivity contribution >= 4 is 45.6 Å². The molecule has 174 valence electrons. The molecule has 0 radical (unpaired) electrons. The first-order valence-electron chi connectivity index (χ1n) is 10.3. The van der Waals surface area contributed by atoms with Gasteiger partial charge in [-0.2, -0.15) is 10.2 Å². The molecule has 0 unspecified atom stereocenters. The maximum absolute atomic E-state index is 12.1. The third kappa shape index (κ3) is 5.18. The lowest BCUT2D eigenvalue weighted by Crippen LogP contribution is -2.38. The predicted octanol–water partition coefficient (Wildman–Crippen LogP) is 0.685. The molecule has 0 aliphatic rings. The molecule has 0 aliphatic carbocycles. The fourth-order valence-electron chi connectivity index (χ4n) is 3.14. The number of ether oxygens (including phenoxy) is 2. The Hall–Kier alpha value is -4.74. The van der Waals surface area contributed by atoms with Gasteiger partial charge < -0.3 is 20.1 Å². The normalized spacial score (nSPS) is 10.7. The summed E-state index contributed by atoms with van der Waals surface area (Å²) in [6, 6.07) is 14.1. The van der Waals surface area contributed by atoms with Gasteiger partial charge in [-0.1, -0.05) is 36.4 Å². The maximum atomic E-state index is 12.1. The number of nitrogens with one attached hydrogen (secondary N) is 4. The summed E-state index contributed by atoms with van der Waals surface area (Å²) in [6.45, 7) is -0.816. The average molecular weight is 464 g/mol. The van der Waals surface area contributed by atoms with E-state index in [9.17, 15) is 19.2 Å². The number of fused-ring (bicyclic) bond motifs is 2. The van der Waals surface area contributed by atoms with E-state index in [1.165, 1.54) is 0 Å². The van der Waals surface area contributed by atoms with Crippen LogP contribution in [0.15, 0.2) is 48.5 Å². The molecule has 0 saturated carbocycles. The monoisotopic (exact) mass is 464 g/mol. The number of carbonyl (C=O) groups excluding carboxylic acids is 4. The molecule has 0 bridgehead atoms. The summed E-state index contributed by atoms with van der Waals surface area (Å²) in [5.74, 6) is -2.54. The number of para-hydroxylation sites is 2. The van der Waals surface area contributed by atoms with Crippen LogP contribution in [0.1, 0.15) is 21.0 Å². The number of nitrogens with zero attached hydrogens (tertiary/aromatic N) is 2. The number of amides is 2. The Morgan fingerprint density at radius 2 is 1.09 bits per heavy atom. The van der Waals surface area contributed by atoms with Crippen molar-refractivity contribution in [2.75, 3.05) is 26.3 Å². The fraction of sp³-hybridized carbons (Fsp3) is 0.182. The molecule has 0 fully saturated rings. The second-order valence-corrected chi connectivity index (χ2v) is 7.09. The third-order valence-electron chi connectivity index (χ3n) is 4.77. The minimum atomic E-state index is -0.729. The smallest absolute Gasteiger partial charge is 0.359 e. The summed E-state index contributed by atoms with van der Waals surface area (Å²) in [7, 11) is 0. The first kappa shape index (κ1) is 22.5. The largest absolute Gasteiger partial charge is 0.451 e. The summed E-state index contributed by atoms with van der Waals surface area (Å²) in [4.78, 5) is 48.0. The number of carbonyl (C=O) groups is 4. The van der Waals surface area contributed by atoms with Gasteiger partial charge in [-0.3, -0.25) is 19.8 Å². The SMILES string of the molecule is O=C(COC(=O)c1n[nH]c2ccccc12)NCCNC(=O)COC(=O)c1n[nH]c2ccccc12. The summed E-state index contributed by atoms with van der Waals surface area (Å²) >= 11 is 0. The Balaban J connectivity index is 1.12. The van der Waals surface area contributed by atoms with Crippen LogP contribution in [-0.2, 0) is 19.1 Å². The second-order valence-electron chi connectivity index (χ2n) is 7.09. The molecule has 0 atom stereocenters. The zero-order valence-corrected chi connectivity index (χ0v) is 17.8. The maximum Gasteiger partial charge on any atom is 0.359 e. The van der Waals surface area contributed by atoms with Crippen molar-refractivity contribution in [2.24, 2.45) is 0 Å². The van der Waals surface area contributed by atoms with Gasteiger partial charge in [0.2, 0.25) is 0 Å². The van der Waals surface area contributed by atoms with Crippen molar-refractivity contribution in [1.82, 2.24) is 31.0 Å². The molecule has 0 saturated heterocycles. The third-order valence-corrected chi connectivity index (χ3v) is 4.77. The van der Waals surface area contributed by atoms with Crippen LogP contribution in [0.3, 0.4) is 0 Å². The highest BCUT2D eigenvalue weighted by molar-refractivity contribution is 6.03. The molecular formula is C22H20N6O6. The Morgan fingerprint density at radius 1 is 0.676 bits per heavy atom. The molecular weight excluding hydrogens is 444 g/mol. The van der Waals surface area contributed by atoms with Crippen LogP contribution in [0.4, 0.5) is 0 Å². The fourth-order valence-corrected chi connectivity index (χ4v) is 3.14. The van der Waals surface area contributed by atoms with Crippen LogP contribution in [0, 0.1) is 0 Å². The predicted molar refractivity (Wildman–Crippen MR) is 119 cm³/mol. The number of esters is 2. The van der Waals surface area contributed by atoms with Crippen LogP contribution < -0.4 is 10.6 Å². The summed E-state index contributed by atoms with van der Waals surface area (Å²) in [5, 5.41) is 19.4. The first-order valence-corrected chi connectivity index (χ1v) is 10.3.